The predicted octanol–water partition coefficient (Wildman–Crippen LogP) is 3.83. The number of nitrogens with one attached hydrogen (secondary N) is 1. The molecule has 1 N–H and O–H groups in total. The molecule has 0 aliphatic rings. The summed E-state index contributed by atoms with van der Waals surface area (Å²) in [6.07, 6.45) is 5.73. The predicted molar refractivity (Wildman–Crippen MR) is 80.5 cm³/mol. The Bertz CT molecular complexity index is 511. The maximum atomic E-state index is 6.23. The molecule has 100 valence electrons. The number of nitrogens with zero attached hydrogens (tertiary/aromatic N) is 1. The van der Waals surface area contributed by atoms with Crippen molar-refractivity contribution in [2.24, 2.45) is 0 Å². The molecule has 0 saturated carbocycles. The largest absolute Gasteiger partial charge is 0.313 e. The highest BCUT2D eigenvalue weighted by atomic mass is 35.5. The normalized spacial score (nSPS) is 10.6. The Labute approximate surface area is 119 Å². The van der Waals surface area contributed by atoms with E-state index in [2.05, 4.69) is 35.4 Å². The Hall–Kier alpha value is -1.38. The van der Waals surface area contributed by atoms with E-state index >= 15 is 0 Å². The van der Waals surface area contributed by atoms with Gasteiger partial charge in [0.1, 0.15) is 0 Å². The number of rotatable bonds is 6. The van der Waals surface area contributed by atoms with E-state index in [1.807, 2.05) is 18.3 Å². The molecule has 2 aromatic rings. The minimum Gasteiger partial charge on any atom is -0.313 e. The van der Waals surface area contributed by atoms with Crippen LogP contribution in [0.15, 0.2) is 42.7 Å². The van der Waals surface area contributed by atoms with Gasteiger partial charge in [-0.25, -0.2) is 0 Å². The lowest BCUT2D eigenvalue weighted by atomic mass is 10.0. The van der Waals surface area contributed by atoms with Crippen molar-refractivity contribution >= 4 is 11.6 Å². The van der Waals surface area contributed by atoms with Crippen LogP contribution < -0.4 is 5.32 Å². The molecule has 19 heavy (non-hydrogen) atoms. The minimum atomic E-state index is 0.827. The van der Waals surface area contributed by atoms with Crippen LogP contribution in [-0.4, -0.2) is 11.5 Å². The fraction of sp³-hybridized carbons (Fsp3) is 0.312. The number of benzene rings is 1. The van der Waals surface area contributed by atoms with Crippen molar-refractivity contribution in [1.82, 2.24) is 10.3 Å². The van der Waals surface area contributed by atoms with Crippen LogP contribution in [0.25, 0.3) is 0 Å². The van der Waals surface area contributed by atoms with E-state index in [-0.39, 0.29) is 0 Å². The summed E-state index contributed by atoms with van der Waals surface area (Å²) in [5, 5.41) is 4.22. The van der Waals surface area contributed by atoms with Crippen molar-refractivity contribution < 1.29 is 0 Å². The van der Waals surface area contributed by atoms with Crippen LogP contribution in [0.5, 0.6) is 0 Å². The molecule has 0 amide bonds. The van der Waals surface area contributed by atoms with Gasteiger partial charge in [0.05, 0.1) is 0 Å². The lowest BCUT2D eigenvalue weighted by molar-refractivity contribution is 0.675. The Morgan fingerprint density at radius 1 is 1.21 bits per heavy atom. The van der Waals surface area contributed by atoms with Crippen LogP contribution in [0.2, 0.25) is 5.02 Å². The summed E-state index contributed by atoms with van der Waals surface area (Å²) in [5.41, 5.74) is 3.65. The zero-order valence-corrected chi connectivity index (χ0v) is 12.0. The Balaban J connectivity index is 2.07. The maximum absolute atomic E-state index is 6.23. The van der Waals surface area contributed by atoms with Crippen LogP contribution in [0.4, 0.5) is 0 Å². The molecule has 0 atom stereocenters. The first-order chi connectivity index (χ1) is 9.29. The first-order valence-electron chi connectivity index (χ1n) is 6.66. The van der Waals surface area contributed by atoms with E-state index < -0.39 is 0 Å². The summed E-state index contributed by atoms with van der Waals surface area (Å²) in [5.74, 6) is 0. The molecule has 1 aromatic carbocycles. The quantitative estimate of drug-likeness (QED) is 0.810. The van der Waals surface area contributed by atoms with Gasteiger partial charge in [0.15, 0.2) is 0 Å². The molecule has 0 aliphatic carbocycles. The maximum Gasteiger partial charge on any atom is 0.0451 e. The van der Waals surface area contributed by atoms with E-state index in [0.717, 1.165) is 36.5 Å². The Morgan fingerprint density at radius 2 is 2.11 bits per heavy atom. The lowest BCUT2D eigenvalue weighted by Gasteiger charge is -2.09. The number of aromatic nitrogens is 1. The summed E-state index contributed by atoms with van der Waals surface area (Å²) in [6, 6.07) is 10.3. The summed E-state index contributed by atoms with van der Waals surface area (Å²) in [6.45, 7) is 4.00. The van der Waals surface area contributed by atoms with E-state index in [1.165, 1.54) is 11.1 Å². The topological polar surface area (TPSA) is 24.9 Å². The molecule has 0 radical (unpaired) electrons. The van der Waals surface area contributed by atoms with Crippen LogP contribution in [0.1, 0.15) is 30.0 Å². The van der Waals surface area contributed by atoms with E-state index in [9.17, 15) is 0 Å². The molecule has 1 heterocycles. The summed E-state index contributed by atoms with van der Waals surface area (Å²) < 4.78 is 0. The molecule has 2 nitrogen and oxygen atoms in total. The average molecular weight is 275 g/mol. The van der Waals surface area contributed by atoms with Crippen molar-refractivity contribution in [2.45, 2.75) is 26.3 Å². The second-order valence-corrected chi connectivity index (χ2v) is 5.05. The van der Waals surface area contributed by atoms with Gasteiger partial charge in [0, 0.05) is 24.0 Å². The smallest absolute Gasteiger partial charge is 0.0451 e. The van der Waals surface area contributed by atoms with Gasteiger partial charge >= 0.3 is 0 Å². The van der Waals surface area contributed by atoms with E-state index in [4.69, 9.17) is 11.6 Å². The zero-order chi connectivity index (χ0) is 13.5. The standard InChI is InChI=1S/C16H19ClN2/c1-2-7-18-12-15-10-13(5-6-16(15)17)9-14-4-3-8-19-11-14/h3-6,8,10-11,18H,2,7,9,12H2,1H3. The van der Waals surface area contributed by atoms with Crippen molar-refractivity contribution in [3.8, 4) is 0 Å². The summed E-state index contributed by atoms with van der Waals surface area (Å²) in [7, 11) is 0. The monoisotopic (exact) mass is 274 g/mol. The number of hydrogen-bond acceptors (Lipinski definition) is 2. The van der Waals surface area contributed by atoms with Gasteiger partial charge in [-0.1, -0.05) is 36.7 Å². The van der Waals surface area contributed by atoms with Crippen molar-refractivity contribution in [3.05, 3.63) is 64.4 Å². The van der Waals surface area contributed by atoms with Crippen LogP contribution >= 0.6 is 11.6 Å². The third-order valence-corrected chi connectivity index (χ3v) is 3.35. The first kappa shape index (κ1) is 14.0. The molecule has 0 bridgehead atoms. The van der Waals surface area contributed by atoms with E-state index in [1.54, 1.807) is 6.20 Å². The number of pyridine rings is 1. The molecule has 0 saturated heterocycles. The molecule has 0 unspecified atom stereocenters. The fourth-order valence-electron chi connectivity index (χ4n) is 2.01. The van der Waals surface area contributed by atoms with Gasteiger partial charge < -0.3 is 5.32 Å². The molecular formula is C16H19ClN2. The Morgan fingerprint density at radius 3 is 2.84 bits per heavy atom. The van der Waals surface area contributed by atoms with Crippen molar-refractivity contribution in [3.63, 3.8) is 0 Å². The SMILES string of the molecule is CCCNCc1cc(Cc2cccnc2)ccc1Cl. The molecule has 2 rings (SSSR count). The highest BCUT2D eigenvalue weighted by Gasteiger charge is 2.03. The third kappa shape index (κ3) is 4.34. The van der Waals surface area contributed by atoms with Gasteiger partial charge in [0.25, 0.3) is 0 Å². The zero-order valence-electron chi connectivity index (χ0n) is 11.2. The molecule has 1 aromatic heterocycles. The number of hydrogen-bond donors (Lipinski definition) is 1. The van der Waals surface area contributed by atoms with Crippen LogP contribution in [0, 0.1) is 0 Å². The molecule has 3 heteroatoms. The molecule has 0 aliphatic heterocycles. The molecule has 0 spiro atoms. The highest BCUT2D eigenvalue weighted by Crippen LogP contribution is 2.19. The summed E-state index contributed by atoms with van der Waals surface area (Å²) >= 11 is 6.23. The second kappa shape index (κ2) is 7.27. The van der Waals surface area contributed by atoms with Gasteiger partial charge in [-0.15, -0.1) is 0 Å². The minimum absolute atomic E-state index is 0.827. The van der Waals surface area contributed by atoms with Crippen molar-refractivity contribution in [1.29, 1.82) is 0 Å². The van der Waals surface area contributed by atoms with Gasteiger partial charge in [-0.2, -0.15) is 0 Å². The first-order valence-corrected chi connectivity index (χ1v) is 7.04. The van der Waals surface area contributed by atoms with Crippen molar-refractivity contribution in [2.75, 3.05) is 6.54 Å². The summed E-state index contributed by atoms with van der Waals surface area (Å²) in [4.78, 5) is 4.14. The third-order valence-electron chi connectivity index (χ3n) is 2.98. The molecule has 0 fully saturated rings. The van der Waals surface area contributed by atoms with Gasteiger partial charge in [0.2, 0.25) is 0 Å². The Kier molecular flexibility index (Phi) is 5.37. The second-order valence-electron chi connectivity index (χ2n) is 4.64. The lowest BCUT2D eigenvalue weighted by Crippen LogP contribution is -2.14. The highest BCUT2D eigenvalue weighted by molar-refractivity contribution is 6.31. The van der Waals surface area contributed by atoms with Crippen LogP contribution in [-0.2, 0) is 13.0 Å². The number of halogens is 1. The average Bonchev–Trinajstić information content (AvgIpc) is 2.44. The van der Waals surface area contributed by atoms with Crippen LogP contribution in [0.3, 0.4) is 0 Å². The van der Waals surface area contributed by atoms with E-state index in [0.29, 0.717) is 0 Å². The fourth-order valence-corrected chi connectivity index (χ4v) is 2.20. The van der Waals surface area contributed by atoms with Gasteiger partial charge in [-0.3, -0.25) is 4.98 Å². The molecular weight excluding hydrogens is 256 g/mol. The van der Waals surface area contributed by atoms with Gasteiger partial charge in [-0.05, 0) is 48.2 Å².